The van der Waals surface area contributed by atoms with E-state index in [1.54, 1.807) is 18.2 Å². The first-order valence-corrected chi connectivity index (χ1v) is 7.17. The van der Waals surface area contributed by atoms with Crippen LogP contribution in [0.2, 0.25) is 5.02 Å². The number of anilines is 1. The van der Waals surface area contributed by atoms with Crippen LogP contribution in [0.4, 0.5) is 11.4 Å². The van der Waals surface area contributed by atoms with E-state index in [1.165, 1.54) is 29.5 Å². The summed E-state index contributed by atoms with van der Waals surface area (Å²) in [5.41, 5.74) is -0.507. The van der Waals surface area contributed by atoms with E-state index in [9.17, 15) is 14.9 Å². The molecule has 6 nitrogen and oxygen atoms in total. The van der Waals surface area contributed by atoms with Crippen LogP contribution in [0.25, 0.3) is 6.08 Å². The quantitative estimate of drug-likeness (QED) is 0.397. The van der Waals surface area contributed by atoms with Gasteiger partial charge in [-0.25, -0.2) is 0 Å². The first-order chi connectivity index (χ1) is 10.5. The van der Waals surface area contributed by atoms with Gasteiger partial charge in [0.25, 0.3) is 11.6 Å². The lowest BCUT2D eigenvalue weighted by atomic mass is 10.2. The summed E-state index contributed by atoms with van der Waals surface area (Å²) in [6.45, 7) is 0. The molecule has 1 aromatic carbocycles. The summed E-state index contributed by atoms with van der Waals surface area (Å²) in [5, 5.41) is 24.4. The standard InChI is InChI=1S/C14H8ClN3O3S/c15-10-3-4-12(13(7-10)18(20)21)17-14(19)9(8-16)6-11-2-1-5-22-11/h1-7H,(H,17,19). The molecule has 1 aromatic heterocycles. The van der Waals surface area contributed by atoms with E-state index in [-0.39, 0.29) is 22.0 Å². The van der Waals surface area contributed by atoms with Gasteiger partial charge in [-0.3, -0.25) is 14.9 Å². The molecule has 110 valence electrons. The van der Waals surface area contributed by atoms with E-state index in [0.717, 1.165) is 10.9 Å². The van der Waals surface area contributed by atoms with Gasteiger partial charge in [-0.1, -0.05) is 17.7 Å². The Bertz CT molecular complexity index is 794. The zero-order valence-corrected chi connectivity index (χ0v) is 12.5. The van der Waals surface area contributed by atoms with Gasteiger partial charge in [0.05, 0.1) is 4.92 Å². The predicted molar refractivity (Wildman–Crippen MR) is 84.6 cm³/mol. The topological polar surface area (TPSA) is 96.0 Å². The van der Waals surface area contributed by atoms with Gasteiger partial charge >= 0.3 is 0 Å². The van der Waals surface area contributed by atoms with Crippen molar-refractivity contribution in [2.24, 2.45) is 0 Å². The minimum atomic E-state index is -0.721. The van der Waals surface area contributed by atoms with Gasteiger partial charge in [0.15, 0.2) is 0 Å². The Balaban J connectivity index is 2.29. The fourth-order valence-electron chi connectivity index (χ4n) is 1.62. The number of nitrogens with zero attached hydrogens (tertiary/aromatic N) is 2. The molecule has 0 atom stereocenters. The number of thiophene rings is 1. The molecule has 0 radical (unpaired) electrons. The fourth-order valence-corrected chi connectivity index (χ4v) is 2.44. The molecule has 1 amide bonds. The van der Waals surface area contributed by atoms with Crippen LogP contribution in [0.1, 0.15) is 4.88 Å². The lowest BCUT2D eigenvalue weighted by Gasteiger charge is -2.05. The number of amides is 1. The van der Waals surface area contributed by atoms with Gasteiger partial charge in [0.1, 0.15) is 17.3 Å². The molecule has 1 heterocycles. The molecule has 0 unspecified atom stereocenters. The number of nitro groups is 1. The third-order valence-electron chi connectivity index (χ3n) is 2.60. The SMILES string of the molecule is N#CC(=Cc1cccs1)C(=O)Nc1ccc(Cl)cc1[N+](=O)[O-]. The summed E-state index contributed by atoms with van der Waals surface area (Å²) < 4.78 is 0. The van der Waals surface area contributed by atoms with Crippen molar-refractivity contribution in [3.05, 3.63) is 61.3 Å². The Morgan fingerprint density at radius 3 is 2.82 bits per heavy atom. The smallest absolute Gasteiger partial charge is 0.294 e. The van der Waals surface area contributed by atoms with E-state index in [4.69, 9.17) is 16.9 Å². The number of halogens is 1. The number of nitriles is 1. The zero-order chi connectivity index (χ0) is 16.1. The molecule has 8 heteroatoms. The lowest BCUT2D eigenvalue weighted by molar-refractivity contribution is -0.383. The summed E-state index contributed by atoms with van der Waals surface area (Å²) in [6, 6.07) is 9.18. The number of hydrogen-bond acceptors (Lipinski definition) is 5. The lowest BCUT2D eigenvalue weighted by Crippen LogP contribution is -2.14. The molecule has 0 spiro atoms. The van der Waals surface area contributed by atoms with Crippen molar-refractivity contribution < 1.29 is 9.72 Å². The molecule has 0 aliphatic carbocycles. The highest BCUT2D eigenvalue weighted by Crippen LogP contribution is 2.28. The largest absolute Gasteiger partial charge is 0.316 e. The Labute approximate surface area is 134 Å². The number of nitrogens with one attached hydrogen (secondary N) is 1. The number of benzene rings is 1. The maximum atomic E-state index is 12.1. The summed E-state index contributed by atoms with van der Waals surface area (Å²) in [7, 11) is 0. The molecule has 0 saturated carbocycles. The molecule has 2 rings (SSSR count). The maximum Gasteiger partial charge on any atom is 0.294 e. The van der Waals surface area contributed by atoms with Crippen LogP contribution in [0.3, 0.4) is 0 Å². The highest BCUT2D eigenvalue weighted by Gasteiger charge is 2.18. The van der Waals surface area contributed by atoms with Gasteiger partial charge in [-0.15, -0.1) is 11.3 Å². The molecule has 22 heavy (non-hydrogen) atoms. The molecule has 0 aliphatic rings. The van der Waals surface area contributed by atoms with Gasteiger partial charge in [0, 0.05) is 16.0 Å². The van der Waals surface area contributed by atoms with Gasteiger partial charge in [-0.05, 0) is 29.7 Å². The highest BCUT2D eigenvalue weighted by molar-refractivity contribution is 7.10. The van der Waals surface area contributed by atoms with Gasteiger partial charge in [-0.2, -0.15) is 5.26 Å². The first kappa shape index (κ1) is 15.7. The van der Waals surface area contributed by atoms with E-state index in [1.807, 2.05) is 5.38 Å². The van der Waals surface area contributed by atoms with Crippen LogP contribution in [-0.2, 0) is 4.79 Å². The minimum Gasteiger partial charge on any atom is -0.316 e. The van der Waals surface area contributed by atoms with Crippen LogP contribution in [0, 0.1) is 21.4 Å². The Morgan fingerprint density at radius 1 is 1.45 bits per heavy atom. The predicted octanol–water partition coefficient (Wildman–Crippen LogP) is 3.86. The zero-order valence-electron chi connectivity index (χ0n) is 10.9. The molecular weight excluding hydrogens is 326 g/mol. The van der Waals surface area contributed by atoms with Crippen molar-refractivity contribution in [1.29, 1.82) is 5.26 Å². The van der Waals surface area contributed by atoms with Crippen molar-refractivity contribution in [1.82, 2.24) is 0 Å². The van der Waals surface area contributed by atoms with Gasteiger partial charge < -0.3 is 5.32 Å². The summed E-state index contributed by atoms with van der Waals surface area (Å²) in [5.74, 6) is -0.721. The van der Waals surface area contributed by atoms with Crippen LogP contribution in [0.5, 0.6) is 0 Å². The average Bonchev–Trinajstić information content (AvgIpc) is 2.99. The number of rotatable bonds is 4. The normalized spacial score (nSPS) is 10.8. The third kappa shape index (κ3) is 3.69. The molecule has 1 N–H and O–H groups in total. The molecule has 0 bridgehead atoms. The fraction of sp³-hybridized carbons (Fsp3) is 0. The highest BCUT2D eigenvalue weighted by atomic mass is 35.5. The van der Waals surface area contributed by atoms with Crippen molar-refractivity contribution in [2.75, 3.05) is 5.32 Å². The molecule has 0 saturated heterocycles. The number of nitro benzene ring substituents is 1. The summed E-state index contributed by atoms with van der Waals surface area (Å²) in [6.07, 6.45) is 1.42. The molecular formula is C14H8ClN3O3S. The minimum absolute atomic E-state index is 0.0215. The van der Waals surface area contributed by atoms with E-state index in [2.05, 4.69) is 5.32 Å². The van der Waals surface area contributed by atoms with Crippen molar-refractivity contribution in [2.45, 2.75) is 0 Å². The summed E-state index contributed by atoms with van der Waals surface area (Å²) in [4.78, 5) is 23.1. The maximum absolute atomic E-state index is 12.1. The second-order valence-corrected chi connectivity index (χ2v) is 5.47. The molecule has 0 aliphatic heterocycles. The van der Waals surface area contributed by atoms with E-state index >= 15 is 0 Å². The van der Waals surface area contributed by atoms with Crippen LogP contribution in [-0.4, -0.2) is 10.8 Å². The van der Waals surface area contributed by atoms with Crippen LogP contribution >= 0.6 is 22.9 Å². The van der Waals surface area contributed by atoms with E-state index < -0.39 is 10.8 Å². The second kappa shape index (κ2) is 6.85. The van der Waals surface area contributed by atoms with Crippen molar-refractivity contribution in [3.63, 3.8) is 0 Å². The third-order valence-corrected chi connectivity index (χ3v) is 3.65. The van der Waals surface area contributed by atoms with Crippen molar-refractivity contribution >= 4 is 46.3 Å². The van der Waals surface area contributed by atoms with Gasteiger partial charge in [0.2, 0.25) is 0 Å². The Morgan fingerprint density at radius 2 is 2.23 bits per heavy atom. The second-order valence-electron chi connectivity index (χ2n) is 4.06. The monoisotopic (exact) mass is 333 g/mol. The van der Waals surface area contributed by atoms with Crippen LogP contribution < -0.4 is 5.32 Å². The molecule has 0 fully saturated rings. The van der Waals surface area contributed by atoms with E-state index in [0.29, 0.717) is 0 Å². The molecule has 2 aromatic rings. The van der Waals surface area contributed by atoms with Crippen LogP contribution in [0.15, 0.2) is 41.3 Å². The average molecular weight is 334 g/mol. The number of hydrogen-bond donors (Lipinski definition) is 1. The number of carbonyl (C=O) groups excluding carboxylic acids is 1. The Hall–Kier alpha value is -2.69. The number of carbonyl (C=O) groups is 1. The Kier molecular flexibility index (Phi) is 4.88. The van der Waals surface area contributed by atoms with Crippen molar-refractivity contribution in [3.8, 4) is 6.07 Å². The summed E-state index contributed by atoms with van der Waals surface area (Å²) >= 11 is 7.07. The first-order valence-electron chi connectivity index (χ1n) is 5.92.